The van der Waals surface area contributed by atoms with Crippen LogP contribution in [0.15, 0.2) is 34.9 Å². The number of benzene rings is 1. The smallest absolute Gasteiger partial charge is 0.221 e. The molecular weight excluding hydrogens is 344 g/mol. The first-order chi connectivity index (χ1) is 10.4. The van der Waals surface area contributed by atoms with Crippen LogP contribution in [0.4, 0.5) is 17.5 Å². The topological polar surface area (TPSA) is 64.3 Å². The van der Waals surface area contributed by atoms with Gasteiger partial charge < -0.3 is 15.4 Å². The zero-order valence-corrected chi connectivity index (χ0v) is 14.8. The molecule has 1 aromatic heterocycles. The van der Waals surface area contributed by atoms with Gasteiger partial charge in [-0.25, -0.2) is 4.98 Å². The third-order valence-electron chi connectivity index (χ3n) is 2.97. The van der Waals surface area contributed by atoms with Crippen molar-refractivity contribution in [3.8, 4) is 5.75 Å². The molecule has 0 aliphatic rings. The van der Waals surface area contributed by atoms with Gasteiger partial charge in [-0.05, 0) is 52.0 Å². The summed E-state index contributed by atoms with van der Waals surface area (Å²) in [4.78, 5) is 10.4. The second-order valence-electron chi connectivity index (χ2n) is 5.52. The van der Waals surface area contributed by atoms with E-state index in [0.29, 0.717) is 0 Å². The Hall–Kier alpha value is -1.82. The van der Waals surface area contributed by atoms with Crippen LogP contribution in [0.2, 0.25) is 0 Å². The monoisotopic (exact) mass is 364 g/mol. The second-order valence-corrected chi connectivity index (χ2v) is 6.43. The van der Waals surface area contributed by atoms with Gasteiger partial charge in [0, 0.05) is 16.7 Å². The average Bonchev–Trinajstić information content (AvgIpc) is 2.40. The zero-order valence-electron chi connectivity index (χ0n) is 13.2. The van der Waals surface area contributed by atoms with Gasteiger partial charge in [-0.15, -0.1) is 0 Å². The molecule has 2 aromatic rings. The van der Waals surface area contributed by atoms with Gasteiger partial charge in [0.2, 0.25) is 5.95 Å². The van der Waals surface area contributed by atoms with Crippen molar-refractivity contribution in [1.82, 2.24) is 9.97 Å². The van der Waals surface area contributed by atoms with Gasteiger partial charge in [-0.1, -0.05) is 15.9 Å². The summed E-state index contributed by atoms with van der Waals surface area (Å²) in [5.74, 6) is 1.81. The Morgan fingerprint density at radius 2 is 1.91 bits per heavy atom. The summed E-state index contributed by atoms with van der Waals surface area (Å²) in [6, 6.07) is 8.00. The maximum absolute atomic E-state index is 5.96. The molecule has 0 fully saturated rings. The zero-order chi connectivity index (χ0) is 16.3. The lowest BCUT2D eigenvalue weighted by molar-refractivity contribution is 0.243. The third-order valence-corrected chi connectivity index (χ3v) is 3.46. The number of anilines is 3. The standard InChI is InChI=1S/C16H21BrN4O/c1-10(2)21(15-7-8-19-16(18)20-15)13-6-5-12(17)9-14(13)22-11(3)4/h5-11H,1-4H3,(H2,18,19,20). The first-order valence-electron chi connectivity index (χ1n) is 7.22. The van der Waals surface area contributed by atoms with E-state index in [-0.39, 0.29) is 18.1 Å². The summed E-state index contributed by atoms with van der Waals surface area (Å²) in [6.45, 7) is 8.21. The molecule has 0 aliphatic carbocycles. The molecule has 22 heavy (non-hydrogen) atoms. The molecule has 0 bridgehead atoms. The predicted octanol–water partition coefficient (Wildman–Crippen LogP) is 4.16. The van der Waals surface area contributed by atoms with Crippen molar-refractivity contribution in [3.05, 3.63) is 34.9 Å². The van der Waals surface area contributed by atoms with Crippen LogP contribution in [-0.2, 0) is 0 Å². The van der Waals surface area contributed by atoms with E-state index in [9.17, 15) is 0 Å². The van der Waals surface area contributed by atoms with E-state index in [1.54, 1.807) is 6.20 Å². The van der Waals surface area contributed by atoms with Gasteiger partial charge in [0.05, 0.1) is 11.8 Å². The molecule has 5 nitrogen and oxygen atoms in total. The second kappa shape index (κ2) is 6.96. The highest BCUT2D eigenvalue weighted by atomic mass is 79.9. The first-order valence-corrected chi connectivity index (χ1v) is 8.01. The fourth-order valence-corrected chi connectivity index (χ4v) is 2.54. The van der Waals surface area contributed by atoms with Gasteiger partial charge >= 0.3 is 0 Å². The van der Waals surface area contributed by atoms with E-state index < -0.39 is 0 Å². The summed E-state index contributed by atoms with van der Waals surface area (Å²) in [7, 11) is 0. The van der Waals surface area contributed by atoms with E-state index in [4.69, 9.17) is 10.5 Å². The largest absolute Gasteiger partial charge is 0.489 e. The number of halogens is 1. The van der Waals surface area contributed by atoms with Crippen LogP contribution in [0.25, 0.3) is 0 Å². The van der Waals surface area contributed by atoms with E-state index >= 15 is 0 Å². The number of ether oxygens (including phenoxy) is 1. The number of rotatable bonds is 5. The molecule has 6 heteroatoms. The number of hydrogen-bond donors (Lipinski definition) is 1. The number of nitrogens with zero attached hydrogens (tertiary/aromatic N) is 3. The van der Waals surface area contributed by atoms with Crippen molar-refractivity contribution >= 4 is 33.4 Å². The minimum Gasteiger partial charge on any atom is -0.489 e. The van der Waals surface area contributed by atoms with E-state index in [2.05, 4.69) is 44.6 Å². The van der Waals surface area contributed by atoms with Crippen LogP contribution in [0.1, 0.15) is 27.7 Å². The van der Waals surface area contributed by atoms with Gasteiger partial charge in [-0.3, -0.25) is 0 Å². The first kappa shape index (κ1) is 16.5. The molecule has 0 radical (unpaired) electrons. The van der Waals surface area contributed by atoms with Crippen molar-refractivity contribution in [2.45, 2.75) is 39.8 Å². The minimum atomic E-state index is 0.0810. The van der Waals surface area contributed by atoms with E-state index in [1.165, 1.54) is 0 Å². The highest BCUT2D eigenvalue weighted by Crippen LogP contribution is 2.37. The maximum atomic E-state index is 5.96. The van der Waals surface area contributed by atoms with Crippen molar-refractivity contribution in [2.24, 2.45) is 0 Å². The lowest BCUT2D eigenvalue weighted by Crippen LogP contribution is -2.27. The van der Waals surface area contributed by atoms with Crippen LogP contribution in [0, 0.1) is 0 Å². The van der Waals surface area contributed by atoms with Crippen LogP contribution < -0.4 is 15.4 Å². The molecule has 0 aliphatic heterocycles. The summed E-state index contributed by atoms with van der Waals surface area (Å²) in [5.41, 5.74) is 6.68. The maximum Gasteiger partial charge on any atom is 0.221 e. The summed E-state index contributed by atoms with van der Waals surface area (Å²) < 4.78 is 6.93. The van der Waals surface area contributed by atoms with Crippen molar-refractivity contribution in [3.63, 3.8) is 0 Å². The molecule has 2 rings (SSSR count). The Kier molecular flexibility index (Phi) is 5.24. The SMILES string of the molecule is CC(C)Oc1cc(Br)ccc1N(c1ccnc(N)n1)C(C)C. The van der Waals surface area contributed by atoms with Crippen LogP contribution in [-0.4, -0.2) is 22.1 Å². The molecule has 2 N–H and O–H groups in total. The Balaban J connectivity index is 2.53. The number of aromatic nitrogens is 2. The Labute approximate surface area is 139 Å². The normalized spacial score (nSPS) is 11.0. The van der Waals surface area contributed by atoms with Crippen molar-refractivity contribution < 1.29 is 4.74 Å². The number of hydrogen-bond acceptors (Lipinski definition) is 5. The van der Waals surface area contributed by atoms with Crippen LogP contribution in [0.3, 0.4) is 0 Å². The highest BCUT2D eigenvalue weighted by molar-refractivity contribution is 9.10. The van der Waals surface area contributed by atoms with E-state index in [0.717, 1.165) is 21.7 Å². The fraction of sp³-hybridized carbons (Fsp3) is 0.375. The minimum absolute atomic E-state index is 0.0810. The summed E-state index contributed by atoms with van der Waals surface area (Å²) >= 11 is 3.50. The fourth-order valence-electron chi connectivity index (χ4n) is 2.20. The van der Waals surface area contributed by atoms with Crippen LogP contribution >= 0.6 is 15.9 Å². The highest BCUT2D eigenvalue weighted by Gasteiger charge is 2.20. The molecule has 1 heterocycles. The summed E-state index contributed by atoms with van der Waals surface area (Å²) in [5, 5.41) is 0. The Morgan fingerprint density at radius 3 is 2.50 bits per heavy atom. The molecule has 0 unspecified atom stereocenters. The molecule has 0 atom stereocenters. The van der Waals surface area contributed by atoms with Crippen LogP contribution in [0.5, 0.6) is 5.75 Å². The Morgan fingerprint density at radius 1 is 1.18 bits per heavy atom. The average molecular weight is 365 g/mol. The van der Waals surface area contributed by atoms with Gasteiger partial charge in [0.15, 0.2) is 0 Å². The quantitative estimate of drug-likeness (QED) is 0.862. The molecule has 1 aromatic carbocycles. The van der Waals surface area contributed by atoms with Crippen molar-refractivity contribution in [2.75, 3.05) is 10.6 Å². The lowest BCUT2D eigenvalue weighted by Gasteiger charge is -2.30. The molecular formula is C16H21BrN4O. The Bertz CT molecular complexity index is 646. The van der Waals surface area contributed by atoms with Gasteiger partial charge in [0.1, 0.15) is 11.6 Å². The molecule has 0 saturated carbocycles. The van der Waals surface area contributed by atoms with Gasteiger partial charge in [-0.2, -0.15) is 4.98 Å². The number of nitrogen functional groups attached to an aromatic ring is 1. The predicted molar refractivity (Wildman–Crippen MR) is 93.6 cm³/mol. The molecule has 0 saturated heterocycles. The molecule has 118 valence electrons. The molecule has 0 spiro atoms. The third kappa shape index (κ3) is 3.88. The van der Waals surface area contributed by atoms with Crippen molar-refractivity contribution in [1.29, 1.82) is 0 Å². The lowest BCUT2D eigenvalue weighted by atomic mass is 10.2. The summed E-state index contributed by atoms with van der Waals surface area (Å²) in [6.07, 6.45) is 1.74. The molecule has 0 amide bonds. The number of nitrogens with two attached hydrogens (primary N) is 1. The van der Waals surface area contributed by atoms with Gasteiger partial charge in [0.25, 0.3) is 0 Å². The van der Waals surface area contributed by atoms with E-state index in [1.807, 2.05) is 38.1 Å².